The number of nitrogens with zero attached hydrogens (tertiary/aromatic N) is 5. The van der Waals surface area contributed by atoms with Crippen LogP contribution in [-0.2, 0) is 25.7 Å². The first-order chi connectivity index (χ1) is 42.9. The lowest BCUT2D eigenvalue weighted by molar-refractivity contribution is -0.126. The van der Waals surface area contributed by atoms with Gasteiger partial charge in [0.15, 0.2) is 5.75 Å². The number of carbonyl (C=O) groups excluding carboxylic acids is 7. The predicted octanol–water partition coefficient (Wildman–Crippen LogP) is 10.0. The fourth-order valence-electron chi connectivity index (χ4n) is 12.0. The highest BCUT2D eigenvalue weighted by atomic mass is 35.5. The Balaban J connectivity index is 0.762. The van der Waals surface area contributed by atoms with Gasteiger partial charge in [0.2, 0.25) is 5.91 Å². The van der Waals surface area contributed by atoms with Crippen LogP contribution in [-0.4, -0.2) is 153 Å². The number of aromatic nitrogens is 1. The molecule has 89 heavy (non-hydrogen) atoms. The van der Waals surface area contributed by atoms with E-state index in [9.17, 15) is 33.6 Å². The summed E-state index contributed by atoms with van der Waals surface area (Å²) in [7, 11) is 3.09. The van der Waals surface area contributed by atoms with Crippen LogP contribution in [0.3, 0.4) is 0 Å². The van der Waals surface area contributed by atoms with Gasteiger partial charge in [-0.3, -0.25) is 24.2 Å². The minimum absolute atomic E-state index is 0.00957. The van der Waals surface area contributed by atoms with Gasteiger partial charge in [-0.15, -0.1) is 22.9 Å². The van der Waals surface area contributed by atoms with Crippen molar-refractivity contribution in [3.63, 3.8) is 0 Å². The minimum atomic E-state index is -1.23. The van der Waals surface area contributed by atoms with E-state index in [4.69, 9.17) is 42.0 Å². The number of hydrogen-bond acceptors (Lipinski definition) is 13. The molecule has 10 rings (SSSR count). The van der Waals surface area contributed by atoms with Gasteiger partial charge in [0.25, 0.3) is 11.8 Å². The number of H-pyrrole nitrogens is 1. The number of alkyl halides is 1. The first kappa shape index (κ1) is 63.2. The van der Waals surface area contributed by atoms with Crippen molar-refractivity contribution in [2.24, 2.45) is 17.4 Å². The Morgan fingerprint density at radius 1 is 0.843 bits per heavy atom. The number of hydrogen-bond donors (Lipinski definition) is 5. The maximum Gasteiger partial charge on any atom is 0.415 e. The number of alkyl carbamates (subject to hydrolysis) is 1. The Morgan fingerprint density at radius 2 is 1.53 bits per heavy atom. The zero-order valence-corrected chi connectivity index (χ0v) is 52.1. The summed E-state index contributed by atoms with van der Waals surface area (Å²) in [6, 6.07) is 28.4. The number of halogens is 1. The van der Waals surface area contributed by atoms with Gasteiger partial charge in [-0.25, -0.2) is 19.2 Å². The van der Waals surface area contributed by atoms with E-state index in [1.165, 1.54) is 45.9 Å². The second kappa shape index (κ2) is 28.1. The smallest absolute Gasteiger partial charge is 0.415 e. The predicted molar refractivity (Wildman–Crippen MR) is 343 cm³/mol. The van der Waals surface area contributed by atoms with Crippen LogP contribution in [0.1, 0.15) is 89.7 Å². The number of likely N-dealkylation sites (N-methyl/N-ethyl adjacent to an activating group) is 2. The molecular weight excluding hydrogens is 1180 g/mol. The number of anilines is 2. The molecule has 1 fully saturated rings. The molecule has 1 aliphatic carbocycles. The molecule has 0 unspecified atom stereocenters. The van der Waals surface area contributed by atoms with Crippen LogP contribution in [0.2, 0.25) is 0 Å². The number of benzene rings is 5. The summed E-state index contributed by atoms with van der Waals surface area (Å²) in [5, 5.41) is 8.96. The van der Waals surface area contributed by atoms with Crippen molar-refractivity contribution >= 4 is 97.3 Å². The fourth-order valence-corrected chi connectivity index (χ4v) is 13.3. The second-order valence-corrected chi connectivity index (χ2v) is 24.4. The second-order valence-electron chi connectivity index (χ2n) is 23.2. The van der Waals surface area contributed by atoms with Gasteiger partial charge in [-0.2, -0.15) is 0 Å². The number of amides is 8. The molecule has 21 nitrogen and oxygen atoms in total. The molecular formula is C66H75ClN10O11S. The first-order valence-electron chi connectivity index (χ1n) is 30.0. The zero-order valence-electron chi connectivity index (χ0n) is 50.6. The number of primary amides is 2. The highest BCUT2D eigenvalue weighted by molar-refractivity contribution is 7.17. The number of thiophene rings is 1. The number of nitrogens with two attached hydrogens (primary N) is 2. The average Bonchev–Trinajstić information content (AvgIpc) is 1.63. The van der Waals surface area contributed by atoms with Crippen LogP contribution >= 0.6 is 22.9 Å². The average molecular weight is 1250 g/mol. The maximum absolute atomic E-state index is 14.8. The number of urea groups is 1. The van der Waals surface area contributed by atoms with Crippen LogP contribution in [0.5, 0.6) is 11.5 Å². The molecule has 2 aliphatic heterocycles. The molecule has 8 amide bonds. The number of aryl methyl sites for hydroxylation is 1. The maximum atomic E-state index is 14.8. The summed E-state index contributed by atoms with van der Waals surface area (Å²) in [6.07, 6.45) is 0.492. The van der Waals surface area contributed by atoms with Crippen LogP contribution in [0.15, 0.2) is 109 Å². The van der Waals surface area contributed by atoms with E-state index >= 15 is 0 Å². The van der Waals surface area contributed by atoms with Crippen LogP contribution in [0.25, 0.3) is 32.1 Å². The highest BCUT2D eigenvalue weighted by Crippen LogP contribution is 2.49. The lowest BCUT2D eigenvalue weighted by atomic mass is 9.97. The quantitative estimate of drug-likeness (QED) is 0.0280. The molecule has 5 aromatic carbocycles. The van der Waals surface area contributed by atoms with Gasteiger partial charge in [-0.1, -0.05) is 74.5 Å². The van der Waals surface area contributed by atoms with E-state index in [2.05, 4.69) is 20.5 Å². The monoisotopic (exact) mass is 1250 g/mol. The summed E-state index contributed by atoms with van der Waals surface area (Å²) in [5.74, 6) is -1.32. The number of aromatic amines is 1. The van der Waals surface area contributed by atoms with Crippen LogP contribution < -0.4 is 41.4 Å². The van der Waals surface area contributed by atoms with Crippen molar-refractivity contribution in [2.45, 2.75) is 77.0 Å². The molecule has 468 valence electrons. The van der Waals surface area contributed by atoms with Gasteiger partial charge in [0.1, 0.15) is 43.3 Å². The lowest BCUT2D eigenvalue weighted by Crippen LogP contribution is -2.57. The van der Waals surface area contributed by atoms with Crippen molar-refractivity contribution in [3.8, 4) is 22.6 Å². The highest BCUT2D eigenvalue weighted by Gasteiger charge is 2.39. The van der Waals surface area contributed by atoms with Crippen molar-refractivity contribution < 1.29 is 52.5 Å². The number of carbonyl (C=O) groups is 7. The molecule has 1 saturated heterocycles. The Bertz CT molecular complexity index is 3730. The van der Waals surface area contributed by atoms with Crippen molar-refractivity contribution in [1.29, 1.82) is 0 Å². The Labute approximate surface area is 525 Å². The topological polar surface area (TPSA) is 264 Å². The summed E-state index contributed by atoms with van der Waals surface area (Å²) in [5.41, 5.74) is 19.9. The van der Waals surface area contributed by atoms with Crippen molar-refractivity contribution in [2.75, 3.05) is 88.8 Å². The standard InChI is InChI=1S/C66H75ClN10O11S/c1-39(2)58(72-64(82)86-37-50-48-15-8-6-13-46(48)47-14-7-9-16-49(47)50)62(80)77(53(60(68)78)17-12-24-70-63(69)81)44-20-18-41(19-21-44)36-87-65(83)73(4)27-28-74(5)66(84)88-55-33-54-57(56-40(3)38-89-59(55)56)43(34-67)35-76(54)61(79)52-32-42-31-45(22-23-51(42)71-52)85-30-29-75-25-10-11-26-75/h6-9,13-16,18-23,31-33,38-39,43,50,53,58,71H,10-12,17,24-30,34-37H2,1-5H3,(H2,68,78)(H,72,82)(H3,69,70,81)/t43-,53+,58+/m1/s1. The number of likely N-dealkylation sites (tertiary alicyclic amines) is 1. The van der Waals surface area contributed by atoms with E-state index in [1.54, 1.807) is 56.1 Å². The van der Waals surface area contributed by atoms with E-state index in [1.807, 2.05) is 85.1 Å². The minimum Gasteiger partial charge on any atom is -0.492 e. The van der Waals surface area contributed by atoms with E-state index in [0.29, 0.717) is 30.1 Å². The first-order valence-corrected chi connectivity index (χ1v) is 31.4. The third kappa shape index (κ3) is 14.2. The van der Waals surface area contributed by atoms with Crippen molar-refractivity contribution in [1.82, 2.24) is 30.3 Å². The molecule has 7 N–H and O–H groups in total. The molecule has 0 bridgehead atoms. The van der Waals surface area contributed by atoms with E-state index in [0.717, 1.165) is 79.8 Å². The number of rotatable bonds is 24. The number of fused-ring (bicyclic) bond motifs is 7. The molecule has 4 heterocycles. The molecule has 7 aromatic rings. The van der Waals surface area contributed by atoms with E-state index in [-0.39, 0.29) is 80.7 Å². The molecule has 3 atom stereocenters. The number of nitrogens with one attached hydrogen (secondary N) is 3. The van der Waals surface area contributed by atoms with Crippen molar-refractivity contribution in [3.05, 3.63) is 142 Å². The normalized spacial score (nSPS) is 15.0. The van der Waals surface area contributed by atoms with Gasteiger partial charge in [0, 0.05) is 92.6 Å². The lowest BCUT2D eigenvalue weighted by Gasteiger charge is -2.34. The molecule has 2 aromatic heterocycles. The van der Waals surface area contributed by atoms with Gasteiger partial charge in [0.05, 0.1) is 10.4 Å². The Morgan fingerprint density at radius 3 is 2.19 bits per heavy atom. The molecule has 0 saturated carbocycles. The SMILES string of the molecule is Cc1csc2c(OC(=O)N(C)CCN(C)C(=O)OCc3ccc(N(C(=O)[C@@H](NC(=O)OCC4c5ccccc5-c5ccccc54)C(C)C)[C@@H](CCCNC(N)=O)C(N)=O)cc3)cc3c(c12)[C@H](CCl)CN3C(=O)c1cc2cc(OCCN3CCCC3)ccc2[nH]1. The van der Waals surface area contributed by atoms with Gasteiger partial charge < -0.3 is 60.7 Å². The van der Waals surface area contributed by atoms with Crippen LogP contribution in [0, 0.1) is 12.8 Å². The molecule has 23 heteroatoms. The molecule has 0 spiro atoms. The zero-order chi connectivity index (χ0) is 63.0. The largest absolute Gasteiger partial charge is 0.492 e. The summed E-state index contributed by atoms with van der Waals surface area (Å²) in [4.78, 5) is 106. The Kier molecular flexibility index (Phi) is 19.9. The fraction of sp³-hybridized carbons (Fsp3) is 0.379. The van der Waals surface area contributed by atoms with E-state index < -0.39 is 54.1 Å². The summed E-state index contributed by atoms with van der Waals surface area (Å²) < 4.78 is 24.5. The molecule has 0 radical (unpaired) electrons. The molecule has 3 aliphatic rings. The third-order valence-electron chi connectivity index (χ3n) is 16.8. The number of ether oxygens (including phenoxy) is 4. The van der Waals surface area contributed by atoms with Gasteiger partial charge >= 0.3 is 24.3 Å². The third-order valence-corrected chi connectivity index (χ3v) is 18.3. The summed E-state index contributed by atoms with van der Waals surface area (Å²) >= 11 is 8.07. The Hall–Kier alpha value is -8.86. The summed E-state index contributed by atoms with van der Waals surface area (Å²) in [6.45, 7) is 9.51. The van der Waals surface area contributed by atoms with Gasteiger partial charge in [-0.05, 0) is 132 Å². The van der Waals surface area contributed by atoms with Crippen LogP contribution in [0.4, 0.5) is 30.6 Å².